The van der Waals surface area contributed by atoms with Crippen molar-refractivity contribution in [2.75, 3.05) is 31.6 Å². The zero-order valence-electron chi connectivity index (χ0n) is 21.5. The number of halogens is 3. The molecule has 206 valence electrons. The quantitative estimate of drug-likeness (QED) is 0.395. The largest absolute Gasteiger partial charge is 0.496 e. The second-order valence-electron chi connectivity index (χ2n) is 10.1. The van der Waals surface area contributed by atoms with E-state index in [1.165, 1.54) is 18.2 Å². The molecule has 0 aliphatic carbocycles. The summed E-state index contributed by atoms with van der Waals surface area (Å²) in [5, 5.41) is 6.78. The summed E-state index contributed by atoms with van der Waals surface area (Å²) in [6, 6.07) is 9.97. The van der Waals surface area contributed by atoms with E-state index in [0.29, 0.717) is 56.4 Å². The van der Waals surface area contributed by atoms with Gasteiger partial charge in [-0.25, -0.2) is 4.98 Å². The lowest BCUT2D eigenvalue weighted by atomic mass is 9.77. The van der Waals surface area contributed by atoms with Gasteiger partial charge in [0, 0.05) is 54.3 Å². The van der Waals surface area contributed by atoms with Crippen molar-refractivity contribution in [1.82, 2.24) is 25.1 Å². The van der Waals surface area contributed by atoms with E-state index >= 15 is 0 Å². The molecule has 2 fully saturated rings. The van der Waals surface area contributed by atoms with Crippen LogP contribution in [0.25, 0.3) is 22.2 Å². The Morgan fingerprint density at radius 2 is 1.80 bits per heavy atom. The normalized spacial score (nSPS) is 17.1. The number of alkyl halides is 3. The number of hydrogen-bond donors (Lipinski definition) is 1. The standard InChI is InChI=1S/C28H25F3N6O3/c1-40-23-13-19(3-4-20(23)18-14-33-34-15-18)37-11-8-27(26(37)39)6-9-36(10-7-27)25(38)17-2-5-21-22(12-17)32-16-24(35-21)28(29,30)31/h2-5,12-16H,6-11H2,1H3,(H,33,34). The molecule has 0 atom stereocenters. The number of methoxy groups -OCH3 is 1. The number of aromatic nitrogens is 4. The molecule has 0 radical (unpaired) electrons. The third-order valence-electron chi connectivity index (χ3n) is 7.91. The van der Waals surface area contributed by atoms with E-state index in [1.54, 1.807) is 29.3 Å². The molecule has 40 heavy (non-hydrogen) atoms. The maximum atomic E-state index is 13.7. The van der Waals surface area contributed by atoms with Crippen molar-refractivity contribution in [3.8, 4) is 16.9 Å². The maximum Gasteiger partial charge on any atom is 0.434 e. The number of H-pyrrole nitrogens is 1. The van der Waals surface area contributed by atoms with Crippen LogP contribution < -0.4 is 9.64 Å². The van der Waals surface area contributed by atoms with Crippen LogP contribution in [0.2, 0.25) is 0 Å². The summed E-state index contributed by atoms with van der Waals surface area (Å²) in [5.41, 5.74) is 1.48. The van der Waals surface area contributed by atoms with E-state index in [9.17, 15) is 22.8 Å². The first-order valence-corrected chi connectivity index (χ1v) is 12.8. The Morgan fingerprint density at radius 3 is 2.50 bits per heavy atom. The summed E-state index contributed by atoms with van der Waals surface area (Å²) < 4.78 is 44.4. The fourth-order valence-corrected chi connectivity index (χ4v) is 5.62. The Bertz CT molecular complexity index is 1600. The summed E-state index contributed by atoms with van der Waals surface area (Å²) in [4.78, 5) is 37.8. The number of benzene rings is 2. The zero-order valence-corrected chi connectivity index (χ0v) is 21.5. The van der Waals surface area contributed by atoms with Gasteiger partial charge in [-0.15, -0.1) is 0 Å². The van der Waals surface area contributed by atoms with E-state index in [4.69, 9.17) is 4.74 Å². The van der Waals surface area contributed by atoms with Gasteiger partial charge in [0.15, 0.2) is 5.69 Å². The Morgan fingerprint density at radius 1 is 1.02 bits per heavy atom. The Kier molecular flexibility index (Phi) is 6.20. The predicted octanol–water partition coefficient (Wildman–Crippen LogP) is 4.71. The minimum atomic E-state index is -4.59. The van der Waals surface area contributed by atoms with Gasteiger partial charge in [-0.1, -0.05) is 0 Å². The van der Waals surface area contributed by atoms with E-state index in [2.05, 4.69) is 20.2 Å². The van der Waals surface area contributed by atoms with Crippen LogP contribution >= 0.6 is 0 Å². The molecule has 2 amide bonds. The number of ether oxygens (including phenoxy) is 1. The number of aromatic amines is 1. The molecular weight excluding hydrogens is 525 g/mol. The van der Waals surface area contributed by atoms with Crippen LogP contribution in [0.3, 0.4) is 0 Å². The number of carbonyl (C=O) groups excluding carboxylic acids is 2. The lowest BCUT2D eigenvalue weighted by molar-refractivity contribution is -0.141. The molecule has 1 spiro atoms. The lowest BCUT2D eigenvalue weighted by Gasteiger charge is -2.38. The smallest absolute Gasteiger partial charge is 0.434 e. The molecule has 0 bridgehead atoms. The van der Waals surface area contributed by atoms with Gasteiger partial charge in [-0.05, 0) is 49.6 Å². The van der Waals surface area contributed by atoms with Crippen LogP contribution in [0, 0.1) is 5.41 Å². The van der Waals surface area contributed by atoms with Gasteiger partial charge in [-0.3, -0.25) is 19.7 Å². The minimum Gasteiger partial charge on any atom is -0.496 e. The number of anilines is 1. The zero-order chi connectivity index (χ0) is 28.1. The predicted molar refractivity (Wildman–Crippen MR) is 140 cm³/mol. The van der Waals surface area contributed by atoms with Crippen molar-refractivity contribution < 1.29 is 27.5 Å². The number of carbonyl (C=O) groups is 2. The summed E-state index contributed by atoms with van der Waals surface area (Å²) in [7, 11) is 1.59. The first-order chi connectivity index (χ1) is 19.2. The topological polar surface area (TPSA) is 104 Å². The van der Waals surface area contributed by atoms with Crippen LogP contribution in [0.5, 0.6) is 5.75 Å². The number of fused-ring (bicyclic) bond motifs is 1. The number of likely N-dealkylation sites (tertiary alicyclic amines) is 1. The molecule has 2 aromatic heterocycles. The van der Waals surface area contributed by atoms with Crippen LogP contribution in [0.4, 0.5) is 18.9 Å². The molecule has 4 heterocycles. The molecular formula is C28H25F3N6O3. The van der Waals surface area contributed by atoms with Gasteiger partial charge in [0.25, 0.3) is 5.91 Å². The molecule has 2 aromatic carbocycles. The molecule has 0 unspecified atom stereocenters. The number of nitrogens with zero attached hydrogens (tertiary/aromatic N) is 5. The Labute approximate surface area is 227 Å². The summed E-state index contributed by atoms with van der Waals surface area (Å²) in [6.45, 7) is 1.38. The first-order valence-electron chi connectivity index (χ1n) is 12.8. The highest BCUT2D eigenvalue weighted by atomic mass is 19.4. The third kappa shape index (κ3) is 4.42. The first kappa shape index (κ1) is 25.8. The average molecular weight is 551 g/mol. The third-order valence-corrected chi connectivity index (χ3v) is 7.91. The van der Waals surface area contributed by atoms with Gasteiger partial charge in [-0.2, -0.15) is 18.3 Å². The monoisotopic (exact) mass is 550 g/mol. The Balaban J connectivity index is 1.15. The Hall–Kier alpha value is -4.48. The van der Waals surface area contributed by atoms with Crippen LogP contribution in [-0.2, 0) is 11.0 Å². The molecule has 2 aliphatic heterocycles. The van der Waals surface area contributed by atoms with Gasteiger partial charge in [0.2, 0.25) is 5.91 Å². The van der Waals surface area contributed by atoms with E-state index in [0.717, 1.165) is 16.8 Å². The number of piperidine rings is 1. The van der Waals surface area contributed by atoms with Gasteiger partial charge in [0.1, 0.15) is 5.75 Å². The van der Waals surface area contributed by atoms with Crippen molar-refractivity contribution in [3.05, 3.63) is 66.2 Å². The maximum absolute atomic E-state index is 13.7. The minimum absolute atomic E-state index is 0.0409. The van der Waals surface area contributed by atoms with Gasteiger partial charge >= 0.3 is 6.18 Å². The van der Waals surface area contributed by atoms with Crippen molar-refractivity contribution in [2.45, 2.75) is 25.4 Å². The van der Waals surface area contributed by atoms with E-state index in [-0.39, 0.29) is 22.8 Å². The molecule has 12 heteroatoms. The fourth-order valence-electron chi connectivity index (χ4n) is 5.62. The van der Waals surface area contributed by atoms with Crippen LogP contribution in [0.15, 0.2) is 55.0 Å². The highest BCUT2D eigenvalue weighted by molar-refractivity contribution is 6.01. The highest BCUT2D eigenvalue weighted by Crippen LogP contribution is 2.44. The molecule has 9 nitrogen and oxygen atoms in total. The number of hydrogen-bond acceptors (Lipinski definition) is 6. The second-order valence-corrected chi connectivity index (χ2v) is 10.1. The molecule has 1 N–H and O–H groups in total. The number of rotatable bonds is 4. The molecule has 6 rings (SSSR count). The van der Waals surface area contributed by atoms with Crippen LogP contribution in [-0.4, -0.2) is 63.6 Å². The molecule has 4 aromatic rings. The number of amides is 2. The van der Waals surface area contributed by atoms with Crippen molar-refractivity contribution in [1.29, 1.82) is 0 Å². The SMILES string of the molecule is COc1cc(N2CCC3(CCN(C(=O)c4ccc5nc(C(F)(F)F)cnc5c4)CC3)C2=O)ccc1-c1cn[nH]c1. The van der Waals surface area contributed by atoms with E-state index in [1.807, 2.05) is 18.2 Å². The average Bonchev–Trinajstić information content (AvgIpc) is 3.61. The summed E-state index contributed by atoms with van der Waals surface area (Å²) >= 11 is 0. The van der Waals surface area contributed by atoms with Crippen molar-refractivity contribution >= 4 is 28.5 Å². The summed E-state index contributed by atoms with van der Waals surface area (Å²) in [6.07, 6.45) is 1.30. The molecule has 0 saturated carbocycles. The fraction of sp³-hybridized carbons (Fsp3) is 0.321. The second kappa shape index (κ2) is 9.61. The van der Waals surface area contributed by atoms with Crippen molar-refractivity contribution in [2.24, 2.45) is 5.41 Å². The van der Waals surface area contributed by atoms with Gasteiger partial charge < -0.3 is 14.5 Å². The van der Waals surface area contributed by atoms with Crippen molar-refractivity contribution in [3.63, 3.8) is 0 Å². The molecule has 2 saturated heterocycles. The van der Waals surface area contributed by atoms with Crippen LogP contribution in [0.1, 0.15) is 35.3 Å². The van der Waals surface area contributed by atoms with E-state index < -0.39 is 17.3 Å². The lowest BCUT2D eigenvalue weighted by Crippen LogP contribution is -2.46. The molecule has 2 aliphatic rings. The number of nitrogens with one attached hydrogen (secondary N) is 1. The summed E-state index contributed by atoms with van der Waals surface area (Å²) in [5.74, 6) is 0.433. The highest BCUT2D eigenvalue weighted by Gasteiger charge is 2.49. The van der Waals surface area contributed by atoms with Gasteiger partial charge in [0.05, 0.1) is 36.0 Å².